The number of ketones is 2. The first kappa shape index (κ1) is 15.5. The number of allylic oxidation sites excluding steroid dienone is 2. The Bertz CT molecular complexity index is 619. The summed E-state index contributed by atoms with van der Waals surface area (Å²) in [5, 5.41) is 0. The van der Waals surface area contributed by atoms with Gasteiger partial charge in [0.2, 0.25) is 0 Å². The molecule has 0 spiro atoms. The Kier molecular flexibility index (Phi) is 3.07. The number of fused-ring (bicyclic) bond motifs is 5. The van der Waals surface area contributed by atoms with Crippen LogP contribution >= 0.6 is 0 Å². The minimum Gasteiger partial charge on any atom is -0.299 e. The normalized spacial score (nSPS) is 52.5. The zero-order chi connectivity index (χ0) is 16.6. The number of hydrogen-bond donors (Lipinski definition) is 0. The molecule has 3 saturated carbocycles. The lowest BCUT2D eigenvalue weighted by Gasteiger charge is -2.54. The van der Waals surface area contributed by atoms with E-state index in [1.54, 1.807) is 13.0 Å². The maximum Gasteiger partial charge on any atom is 0.159 e. The molecule has 0 amide bonds. The van der Waals surface area contributed by atoms with Crippen LogP contribution < -0.4 is 0 Å². The van der Waals surface area contributed by atoms with E-state index in [-0.39, 0.29) is 29.0 Å². The molecule has 6 atom stereocenters. The predicted molar refractivity (Wildman–Crippen MR) is 86.6 cm³/mol. The molecule has 3 heteroatoms. The van der Waals surface area contributed by atoms with Crippen LogP contribution in [0.4, 0.5) is 4.39 Å². The standard InChI is InChI=1S/C20H27FO2/c1-18-8-7-13-17(14(18)10-19(2,21)11-18)15(22)9-12-5-4-6-16(23)20(12,13)3/h9,13-14,17H,4-8,10-11H2,1-3H3/t13-,14+,17-,18-,19?,20+/m1/s1. The molecule has 0 aliphatic heterocycles. The van der Waals surface area contributed by atoms with Crippen molar-refractivity contribution < 1.29 is 14.0 Å². The van der Waals surface area contributed by atoms with Gasteiger partial charge in [-0.25, -0.2) is 4.39 Å². The molecule has 0 aromatic rings. The molecular weight excluding hydrogens is 291 g/mol. The Morgan fingerprint density at radius 3 is 2.61 bits per heavy atom. The summed E-state index contributed by atoms with van der Waals surface area (Å²) in [5.74, 6) is 0.512. The van der Waals surface area contributed by atoms with Crippen molar-refractivity contribution >= 4 is 11.6 Å². The molecule has 0 N–H and O–H groups in total. The number of halogens is 1. The zero-order valence-corrected chi connectivity index (χ0v) is 14.5. The van der Waals surface area contributed by atoms with Crippen molar-refractivity contribution in [1.29, 1.82) is 0 Å². The van der Waals surface area contributed by atoms with Crippen LogP contribution in [0.25, 0.3) is 0 Å². The summed E-state index contributed by atoms with van der Waals surface area (Å²) in [6.07, 6.45) is 7.02. The summed E-state index contributed by atoms with van der Waals surface area (Å²) in [6.45, 7) is 5.92. The highest BCUT2D eigenvalue weighted by Crippen LogP contribution is 2.65. The highest BCUT2D eigenvalue weighted by Gasteiger charge is 2.63. The number of hydrogen-bond acceptors (Lipinski definition) is 2. The van der Waals surface area contributed by atoms with Gasteiger partial charge in [0, 0.05) is 12.3 Å². The summed E-state index contributed by atoms with van der Waals surface area (Å²) in [5.41, 5.74) is -0.659. The van der Waals surface area contributed by atoms with Crippen LogP contribution in [0.1, 0.15) is 65.7 Å². The first-order valence-electron chi connectivity index (χ1n) is 9.15. The van der Waals surface area contributed by atoms with Gasteiger partial charge >= 0.3 is 0 Å². The summed E-state index contributed by atoms with van der Waals surface area (Å²) in [7, 11) is 0. The molecule has 126 valence electrons. The van der Waals surface area contributed by atoms with Gasteiger partial charge in [0.15, 0.2) is 5.78 Å². The van der Waals surface area contributed by atoms with Gasteiger partial charge in [-0.05, 0) is 75.7 Å². The Hall–Kier alpha value is -0.990. The number of carbonyl (C=O) groups is 2. The van der Waals surface area contributed by atoms with Crippen molar-refractivity contribution in [2.75, 3.05) is 0 Å². The van der Waals surface area contributed by atoms with E-state index in [0.29, 0.717) is 25.0 Å². The van der Waals surface area contributed by atoms with E-state index in [1.165, 1.54) is 0 Å². The second-order valence-corrected chi connectivity index (χ2v) is 9.28. The average Bonchev–Trinajstić information content (AvgIpc) is 2.70. The molecule has 4 aliphatic rings. The van der Waals surface area contributed by atoms with Gasteiger partial charge in [0.25, 0.3) is 0 Å². The van der Waals surface area contributed by atoms with Crippen LogP contribution in [-0.4, -0.2) is 17.2 Å². The highest BCUT2D eigenvalue weighted by atomic mass is 19.1. The molecule has 0 radical (unpaired) electrons. The van der Waals surface area contributed by atoms with Gasteiger partial charge in [-0.1, -0.05) is 12.5 Å². The van der Waals surface area contributed by atoms with Crippen LogP contribution in [0, 0.1) is 28.6 Å². The maximum absolute atomic E-state index is 14.8. The third-order valence-corrected chi connectivity index (χ3v) is 7.69. The molecule has 0 aromatic carbocycles. The fourth-order valence-corrected chi connectivity index (χ4v) is 6.65. The molecule has 3 fully saturated rings. The predicted octanol–water partition coefficient (Wildman–Crippen LogP) is 4.43. The van der Waals surface area contributed by atoms with Crippen LogP contribution in [0.15, 0.2) is 11.6 Å². The van der Waals surface area contributed by atoms with E-state index in [2.05, 4.69) is 13.8 Å². The largest absolute Gasteiger partial charge is 0.299 e. The summed E-state index contributed by atoms with van der Waals surface area (Å²) >= 11 is 0. The van der Waals surface area contributed by atoms with Gasteiger partial charge < -0.3 is 0 Å². The van der Waals surface area contributed by atoms with E-state index >= 15 is 0 Å². The number of alkyl halides is 1. The van der Waals surface area contributed by atoms with Crippen molar-refractivity contribution in [2.45, 2.75) is 71.4 Å². The summed E-state index contributed by atoms with van der Waals surface area (Å²) in [6, 6.07) is 0. The second-order valence-electron chi connectivity index (χ2n) is 9.28. The third-order valence-electron chi connectivity index (χ3n) is 7.69. The Labute approximate surface area is 137 Å². The molecule has 0 aromatic heterocycles. The summed E-state index contributed by atoms with van der Waals surface area (Å²) in [4.78, 5) is 25.7. The first-order valence-corrected chi connectivity index (χ1v) is 9.15. The highest BCUT2D eigenvalue weighted by molar-refractivity contribution is 6.00. The van der Waals surface area contributed by atoms with Gasteiger partial charge in [-0.3, -0.25) is 9.59 Å². The quantitative estimate of drug-likeness (QED) is 0.662. The number of carbonyl (C=O) groups excluding carboxylic acids is 2. The molecule has 1 unspecified atom stereocenters. The molecule has 2 nitrogen and oxygen atoms in total. The van der Waals surface area contributed by atoms with Crippen molar-refractivity contribution in [3.63, 3.8) is 0 Å². The summed E-state index contributed by atoms with van der Waals surface area (Å²) < 4.78 is 14.8. The van der Waals surface area contributed by atoms with Crippen LogP contribution in [0.5, 0.6) is 0 Å². The monoisotopic (exact) mass is 318 g/mol. The van der Waals surface area contributed by atoms with Crippen molar-refractivity contribution in [3.8, 4) is 0 Å². The number of Topliss-reactive ketones (excluding diaryl/α,β-unsaturated/α-hetero) is 1. The van der Waals surface area contributed by atoms with Gasteiger partial charge in [-0.15, -0.1) is 0 Å². The van der Waals surface area contributed by atoms with E-state index in [4.69, 9.17) is 0 Å². The molecule has 0 saturated heterocycles. The van der Waals surface area contributed by atoms with Crippen molar-refractivity contribution in [1.82, 2.24) is 0 Å². The smallest absolute Gasteiger partial charge is 0.159 e. The molecular formula is C20H27FO2. The minimum atomic E-state index is -1.17. The Morgan fingerprint density at radius 2 is 1.87 bits per heavy atom. The lowest BCUT2D eigenvalue weighted by molar-refractivity contribution is -0.142. The second kappa shape index (κ2) is 4.55. The van der Waals surface area contributed by atoms with Crippen LogP contribution in [0.2, 0.25) is 0 Å². The van der Waals surface area contributed by atoms with Crippen LogP contribution in [0.3, 0.4) is 0 Å². The fraction of sp³-hybridized carbons (Fsp3) is 0.800. The fourth-order valence-electron chi connectivity index (χ4n) is 6.65. The lowest BCUT2D eigenvalue weighted by Crippen LogP contribution is -2.54. The minimum absolute atomic E-state index is 0.0836. The zero-order valence-electron chi connectivity index (χ0n) is 14.5. The van der Waals surface area contributed by atoms with Crippen LogP contribution in [-0.2, 0) is 9.59 Å². The molecule has 0 bridgehead atoms. The van der Waals surface area contributed by atoms with E-state index in [1.807, 2.05) is 0 Å². The number of rotatable bonds is 0. The van der Waals surface area contributed by atoms with Gasteiger partial charge in [0.05, 0.1) is 5.41 Å². The topological polar surface area (TPSA) is 34.1 Å². The average molecular weight is 318 g/mol. The Balaban J connectivity index is 1.80. The van der Waals surface area contributed by atoms with E-state index in [9.17, 15) is 14.0 Å². The van der Waals surface area contributed by atoms with Gasteiger partial charge in [-0.2, -0.15) is 0 Å². The van der Waals surface area contributed by atoms with Gasteiger partial charge in [0.1, 0.15) is 11.5 Å². The molecule has 0 heterocycles. The SMILES string of the molecule is CC1(F)C[C@H]2[C@@H]3C(=O)C=C4CCCC(=O)[C@]4(C)[C@@H]3CC[C@]2(C)C1. The third kappa shape index (κ3) is 1.97. The first-order chi connectivity index (χ1) is 10.7. The van der Waals surface area contributed by atoms with E-state index in [0.717, 1.165) is 31.3 Å². The van der Waals surface area contributed by atoms with Crippen molar-refractivity contribution in [3.05, 3.63) is 11.6 Å². The molecule has 4 rings (SSSR count). The Morgan fingerprint density at radius 1 is 1.13 bits per heavy atom. The van der Waals surface area contributed by atoms with E-state index < -0.39 is 11.1 Å². The molecule has 4 aliphatic carbocycles. The maximum atomic E-state index is 14.8. The lowest BCUT2D eigenvalue weighted by atomic mass is 9.47. The molecule has 23 heavy (non-hydrogen) atoms. The van der Waals surface area contributed by atoms with Crippen molar-refractivity contribution in [2.24, 2.45) is 28.6 Å².